The Balaban J connectivity index is 1.46. The summed E-state index contributed by atoms with van der Waals surface area (Å²) in [5.74, 6) is -5.19. The van der Waals surface area contributed by atoms with Gasteiger partial charge in [0.25, 0.3) is 0 Å². The van der Waals surface area contributed by atoms with Crippen LogP contribution in [-0.2, 0) is 35.2 Å². The van der Waals surface area contributed by atoms with Crippen molar-refractivity contribution in [3.63, 3.8) is 0 Å². The molecule has 0 aliphatic rings. The molecule has 0 saturated carbocycles. The van der Waals surface area contributed by atoms with E-state index in [4.69, 9.17) is 32.8 Å². The number of halogens is 1. The predicted octanol–water partition coefficient (Wildman–Crippen LogP) is 0.303. The lowest BCUT2D eigenvalue weighted by Gasteiger charge is -2.26. The van der Waals surface area contributed by atoms with Crippen LogP contribution in [-0.4, -0.2) is 88.4 Å². The summed E-state index contributed by atoms with van der Waals surface area (Å²) >= 11 is 0. The number of imidazole rings is 1. The highest BCUT2D eigenvalue weighted by Crippen LogP contribution is 2.23. The van der Waals surface area contributed by atoms with E-state index in [0.29, 0.717) is 22.4 Å². The zero-order valence-electron chi connectivity index (χ0n) is 33.4. The van der Waals surface area contributed by atoms with Gasteiger partial charge in [-0.1, -0.05) is 68.4 Å². The van der Waals surface area contributed by atoms with E-state index < -0.39 is 71.8 Å². The monoisotopic (exact) mass is 829 g/mol. The quantitative estimate of drug-likeness (QED) is 0.0287. The number of carbonyl (C=O) groups excluding carboxylic acids is 6. The number of carbonyl (C=O) groups is 6. The van der Waals surface area contributed by atoms with Crippen LogP contribution in [0.3, 0.4) is 0 Å². The van der Waals surface area contributed by atoms with Crippen LogP contribution in [0.1, 0.15) is 51.5 Å². The third-order valence-electron chi connectivity index (χ3n) is 9.09. The molecule has 0 spiro atoms. The van der Waals surface area contributed by atoms with Crippen molar-refractivity contribution in [3.8, 4) is 11.4 Å². The predicted molar refractivity (Wildman–Crippen MR) is 221 cm³/mol. The Hall–Kier alpha value is -7.05. The second-order valence-corrected chi connectivity index (χ2v) is 14.5. The molecule has 320 valence electrons. The van der Waals surface area contributed by atoms with Crippen molar-refractivity contribution in [2.75, 3.05) is 13.2 Å². The zero-order valence-corrected chi connectivity index (χ0v) is 33.4. The zero-order chi connectivity index (χ0) is 43.8. The molecule has 60 heavy (non-hydrogen) atoms. The lowest BCUT2D eigenvalue weighted by molar-refractivity contribution is -0.135. The molecule has 0 aliphatic heterocycles. The lowest BCUT2D eigenvalue weighted by atomic mass is 10.0. The molecule has 0 bridgehead atoms. The van der Waals surface area contributed by atoms with Crippen molar-refractivity contribution in [2.45, 2.75) is 76.5 Å². The molecule has 0 radical (unpaired) electrons. The molecular weight excluding hydrogens is 778 g/mol. The van der Waals surface area contributed by atoms with Crippen LogP contribution in [0, 0.1) is 11.7 Å². The van der Waals surface area contributed by atoms with E-state index in [9.17, 15) is 33.2 Å². The Labute approximate surface area is 346 Å². The minimum Gasteiger partial charge on any atom is -0.411 e. The van der Waals surface area contributed by atoms with E-state index >= 15 is 0 Å². The summed E-state index contributed by atoms with van der Waals surface area (Å²) in [5, 5.41) is 10.3. The smallest absolute Gasteiger partial charge is 0.243 e. The van der Waals surface area contributed by atoms with Gasteiger partial charge < -0.3 is 49.0 Å². The van der Waals surface area contributed by atoms with Gasteiger partial charge in [-0.05, 0) is 55.0 Å². The van der Waals surface area contributed by atoms with Gasteiger partial charge >= 0.3 is 0 Å². The maximum atomic E-state index is 13.9. The van der Waals surface area contributed by atoms with Crippen molar-refractivity contribution in [2.24, 2.45) is 33.8 Å². The highest BCUT2D eigenvalue weighted by Gasteiger charge is 2.32. The number of primary amides is 2. The van der Waals surface area contributed by atoms with E-state index in [0.717, 1.165) is 5.56 Å². The number of rotatable bonds is 23. The number of para-hydroxylation sites is 2. The maximum Gasteiger partial charge on any atom is 0.243 e. The first kappa shape index (κ1) is 45.6. The third-order valence-corrected chi connectivity index (χ3v) is 9.09. The Morgan fingerprint density at radius 2 is 1.38 bits per heavy atom. The molecule has 0 unspecified atom stereocenters. The second-order valence-electron chi connectivity index (χ2n) is 14.5. The van der Waals surface area contributed by atoms with Crippen LogP contribution >= 0.6 is 0 Å². The highest BCUT2D eigenvalue weighted by atomic mass is 19.1. The first-order valence-electron chi connectivity index (χ1n) is 19.3. The molecule has 12 N–H and O–H groups in total. The fraction of sp³-hybridized carbons (Fsp3) is 0.366. The van der Waals surface area contributed by atoms with E-state index in [1.165, 1.54) is 24.3 Å². The minimum absolute atomic E-state index is 0.0742. The summed E-state index contributed by atoms with van der Waals surface area (Å²) < 4.78 is 15.0. The van der Waals surface area contributed by atoms with Crippen molar-refractivity contribution in [1.29, 1.82) is 0 Å². The fourth-order valence-electron chi connectivity index (χ4n) is 6.18. The normalized spacial score (nSPS) is 13.0. The summed E-state index contributed by atoms with van der Waals surface area (Å²) in [4.78, 5) is 93.4. The van der Waals surface area contributed by atoms with Crippen molar-refractivity contribution >= 4 is 52.4 Å². The highest BCUT2D eigenvalue weighted by molar-refractivity contribution is 5.97. The number of aromatic nitrogens is 2. The van der Waals surface area contributed by atoms with Crippen molar-refractivity contribution in [1.82, 2.24) is 31.0 Å². The number of benzene rings is 3. The first-order valence-corrected chi connectivity index (χ1v) is 19.3. The molecular formula is C41H52FN11O7. The van der Waals surface area contributed by atoms with E-state index in [1.807, 2.05) is 54.6 Å². The van der Waals surface area contributed by atoms with Gasteiger partial charge in [-0.25, -0.2) is 9.37 Å². The molecule has 1 heterocycles. The lowest BCUT2D eigenvalue weighted by Crippen LogP contribution is -2.59. The molecule has 0 saturated heterocycles. The van der Waals surface area contributed by atoms with Crippen LogP contribution in [0.25, 0.3) is 22.4 Å². The number of nitrogens with zero attached hydrogens (tertiary/aromatic N) is 3. The molecule has 0 fully saturated rings. The summed E-state index contributed by atoms with van der Waals surface area (Å²) in [6.07, 6.45) is -0.495. The fourth-order valence-corrected chi connectivity index (χ4v) is 6.18. The van der Waals surface area contributed by atoms with Crippen LogP contribution in [0.2, 0.25) is 0 Å². The Kier molecular flexibility index (Phi) is 16.9. The standard InChI is InChI=1S/C41H52FN11O7/c1-24(2)21-31(39(58)52-32(23-34(43)54)40(59)50-30(36(44)56)22-25-14-16-27(42)17-15-25)51-38(57)29(12-8-19-47-41(45)46)48-35(55)18-20-60-53-33-13-7-6-11-28(33)49-37(53)26-9-4-3-5-10-26/h3-7,9-11,13-17,24,29-32H,8,12,18-23H2,1-2H3,(H2,43,54)(H2,44,56)(H,48,55)(H,50,59)(H,51,57)(H,52,58)(H4,45,46,47)/t29-,30-,31-,32-/m0/s1. The van der Waals surface area contributed by atoms with Crippen LogP contribution < -0.4 is 49.0 Å². The second kappa shape index (κ2) is 22.2. The SMILES string of the molecule is CC(C)C[C@H](NC(=O)[C@H](CCCN=C(N)N)NC(=O)CCOn1c(-c2ccccc2)nc2ccccc21)C(=O)N[C@@H](CC(N)=O)C(=O)N[C@@H](Cc1ccc(F)cc1)C(N)=O. The number of nitrogens with two attached hydrogens (primary N) is 4. The largest absolute Gasteiger partial charge is 0.411 e. The Bertz CT molecular complexity index is 2140. The molecule has 19 heteroatoms. The average molecular weight is 830 g/mol. The molecule has 6 amide bonds. The van der Waals surface area contributed by atoms with Gasteiger partial charge in [0.1, 0.15) is 42.1 Å². The molecule has 4 rings (SSSR count). The number of aliphatic imine (C=N–C) groups is 1. The summed E-state index contributed by atoms with van der Waals surface area (Å²) in [6.45, 7) is 3.66. The van der Waals surface area contributed by atoms with Gasteiger partial charge in [-0.2, -0.15) is 4.73 Å². The third kappa shape index (κ3) is 14.1. The Morgan fingerprint density at radius 1 is 0.767 bits per heavy atom. The van der Waals surface area contributed by atoms with Crippen LogP contribution in [0.15, 0.2) is 83.9 Å². The number of amides is 6. The van der Waals surface area contributed by atoms with Crippen LogP contribution in [0.5, 0.6) is 0 Å². The van der Waals surface area contributed by atoms with Gasteiger partial charge in [0.15, 0.2) is 11.8 Å². The van der Waals surface area contributed by atoms with Gasteiger partial charge in [0, 0.05) is 18.5 Å². The number of fused-ring (bicyclic) bond motifs is 1. The molecule has 0 aliphatic carbocycles. The minimum atomic E-state index is -1.57. The molecule has 3 aromatic carbocycles. The van der Waals surface area contributed by atoms with Gasteiger partial charge in [0.2, 0.25) is 35.4 Å². The van der Waals surface area contributed by atoms with Crippen molar-refractivity contribution in [3.05, 3.63) is 90.2 Å². The molecule has 4 aromatic rings. The maximum absolute atomic E-state index is 13.9. The van der Waals surface area contributed by atoms with Crippen LogP contribution in [0.4, 0.5) is 4.39 Å². The number of hydrogen-bond donors (Lipinski definition) is 8. The van der Waals surface area contributed by atoms with Gasteiger partial charge in [-0.3, -0.25) is 33.8 Å². The molecule has 18 nitrogen and oxygen atoms in total. The van der Waals surface area contributed by atoms with Gasteiger partial charge in [0.05, 0.1) is 18.4 Å². The van der Waals surface area contributed by atoms with Crippen molar-refractivity contribution < 1.29 is 38.0 Å². The number of hydrogen-bond acceptors (Lipinski definition) is 9. The van der Waals surface area contributed by atoms with E-state index in [2.05, 4.69) is 26.3 Å². The number of nitrogens with one attached hydrogen (secondary N) is 4. The van der Waals surface area contributed by atoms with E-state index in [-0.39, 0.29) is 57.1 Å². The number of guanidine groups is 1. The summed E-state index contributed by atoms with van der Waals surface area (Å²) in [5.41, 5.74) is 24.5. The topological polar surface area (TPSA) is 294 Å². The average Bonchev–Trinajstić information content (AvgIpc) is 3.57. The summed E-state index contributed by atoms with van der Waals surface area (Å²) in [7, 11) is 0. The first-order chi connectivity index (χ1) is 28.6. The molecule has 1 aromatic heterocycles. The Morgan fingerprint density at radius 3 is 2.03 bits per heavy atom. The molecule has 4 atom stereocenters. The summed E-state index contributed by atoms with van der Waals surface area (Å²) in [6, 6.07) is 16.7. The van der Waals surface area contributed by atoms with Gasteiger partial charge in [-0.15, -0.1) is 0 Å². The van der Waals surface area contributed by atoms with E-state index in [1.54, 1.807) is 18.6 Å².